The molecule has 1 rings (SSSR count). The lowest BCUT2D eigenvalue weighted by Gasteiger charge is -2.18. The fourth-order valence-electron chi connectivity index (χ4n) is 1.80. The normalized spacial score (nSPS) is 11.3. The van der Waals surface area contributed by atoms with Crippen molar-refractivity contribution in [2.24, 2.45) is 5.41 Å². The molecule has 100 valence electrons. The summed E-state index contributed by atoms with van der Waals surface area (Å²) < 4.78 is 5.73. The molecule has 0 aliphatic rings. The van der Waals surface area contributed by atoms with Gasteiger partial charge in [-0.25, -0.2) is 0 Å². The molecule has 0 atom stereocenters. The molecule has 0 saturated heterocycles. The molecule has 0 spiro atoms. The maximum absolute atomic E-state index is 11.7. The average molecular weight is 248 g/mol. The summed E-state index contributed by atoms with van der Waals surface area (Å²) in [5, 5.41) is 0. The van der Waals surface area contributed by atoms with E-state index < -0.39 is 0 Å². The molecular weight excluding hydrogens is 224 g/mol. The predicted octanol–water partition coefficient (Wildman–Crippen LogP) is 4.48. The fraction of sp³-hybridized carbons (Fsp3) is 0.562. The lowest BCUT2D eigenvalue weighted by molar-refractivity contribution is 0.0984. The van der Waals surface area contributed by atoms with E-state index in [4.69, 9.17) is 4.74 Å². The molecule has 1 aromatic carbocycles. The van der Waals surface area contributed by atoms with Crippen molar-refractivity contribution in [1.82, 2.24) is 0 Å². The molecular formula is C16H24O2. The van der Waals surface area contributed by atoms with Crippen molar-refractivity contribution in [2.75, 3.05) is 6.61 Å². The minimum atomic E-state index is 0.140. The molecule has 18 heavy (non-hydrogen) atoms. The Morgan fingerprint density at radius 2 is 1.89 bits per heavy atom. The van der Waals surface area contributed by atoms with Crippen molar-refractivity contribution in [3.05, 3.63) is 29.8 Å². The monoisotopic (exact) mass is 248 g/mol. The number of benzene rings is 1. The summed E-state index contributed by atoms with van der Waals surface area (Å²) >= 11 is 0. The summed E-state index contributed by atoms with van der Waals surface area (Å²) in [6, 6.07) is 7.50. The van der Waals surface area contributed by atoms with Crippen LogP contribution in [0.4, 0.5) is 0 Å². The first kappa shape index (κ1) is 14.7. The lowest BCUT2D eigenvalue weighted by Crippen LogP contribution is -2.09. The van der Waals surface area contributed by atoms with E-state index in [9.17, 15) is 4.79 Å². The second kappa shape index (κ2) is 6.58. The number of carbonyl (C=O) groups excluding carboxylic acids is 1. The number of ketones is 1. The van der Waals surface area contributed by atoms with Gasteiger partial charge in [-0.1, -0.05) is 39.8 Å². The van der Waals surface area contributed by atoms with Gasteiger partial charge in [-0.15, -0.1) is 0 Å². The highest BCUT2D eigenvalue weighted by Crippen LogP contribution is 2.23. The van der Waals surface area contributed by atoms with Crippen LogP contribution in [0.15, 0.2) is 24.3 Å². The number of carbonyl (C=O) groups is 1. The van der Waals surface area contributed by atoms with Gasteiger partial charge in [-0.05, 0) is 30.4 Å². The van der Waals surface area contributed by atoms with Crippen molar-refractivity contribution in [2.45, 2.75) is 47.0 Å². The minimum Gasteiger partial charge on any atom is -0.493 e. The second-order valence-corrected chi connectivity index (χ2v) is 5.79. The van der Waals surface area contributed by atoms with Crippen LogP contribution in [0.25, 0.3) is 0 Å². The standard InChI is InChI=1S/C16H24O2/c1-5-14(17)13-9-6-7-10-15(13)18-12-8-11-16(2,3)4/h6-7,9-10H,5,8,11-12H2,1-4H3. The van der Waals surface area contributed by atoms with Crippen molar-refractivity contribution in [1.29, 1.82) is 0 Å². The number of ether oxygens (including phenoxy) is 1. The Kier molecular flexibility index (Phi) is 5.39. The highest BCUT2D eigenvalue weighted by molar-refractivity contribution is 5.98. The van der Waals surface area contributed by atoms with Crippen LogP contribution in [-0.2, 0) is 0 Å². The molecule has 0 radical (unpaired) electrons. The topological polar surface area (TPSA) is 26.3 Å². The second-order valence-electron chi connectivity index (χ2n) is 5.79. The average Bonchev–Trinajstić information content (AvgIpc) is 2.33. The smallest absolute Gasteiger partial charge is 0.166 e. The van der Waals surface area contributed by atoms with Gasteiger partial charge in [0.2, 0.25) is 0 Å². The Balaban J connectivity index is 2.54. The Morgan fingerprint density at radius 1 is 1.22 bits per heavy atom. The van der Waals surface area contributed by atoms with E-state index in [1.807, 2.05) is 31.2 Å². The van der Waals surface area contributed by atoms with E-state index in [1.165, 1.54) is 0 Å². The molecule has 0 aliphatic heterocycles. The van der Waals surface area contributed by atoms with Crippen LogP contribution in [0, 0.1) is 5.41 Å². The third-order valence-electron chi connectivity index (χ3n) is 2.84. The van der Waals surface area contributed by atoms with E-state index in [1.54, 1.807) is 0 Å². The number of hydrogen-bond acceptors (Lipinski definition) is 2. The lowest BCUT2D eigenvalue weighted by atomic mass is 9.91. The third kappa shape index (κ3) is 4.91. The van der Waals surface area contributed by atoms with E-state index in [0.29, 0.717) is 24.0 Å². The summed E-state index contributed by atoms with van der Waals surface area (Å²) in [5.74, 6) is 0.861. The van der Waals surface area contributed by atoms with Gasteiger partial charge in [0.25, 0.3) is 0 Å². The third-order valence-corrected chi connectivity index (χ3v) is 2.84. The van der Waals surface area contributed by atoms with Gasteiger partial charge in [0.15, 0.2) is 5.78 Å². The molecule has 1 aromatic rings. The minimum absolute atomic E-state index is 0.140. The maximum Gasteiger partial charge on any atom is 0.166 e. The molecule has 0 heterocycles. The molecule has 0 bridgehead atoms. The summed E-state index contributed by atoms with van der Waals surface area (Å²) in [5.41, 5.74) is 1.04. The van der Waals surface area contributed by atoms with E-state index in [0.717, 1.165) is 18.6 Å². The van der Waals surface area contributed by atoms with E-state index >= 15 is 0 Å². The Labute approximate surface area is 110 Å². The molecule has 0 unspecified atom stereocenters. The van der Waals surface area contributed by atoms with Crippen molar-refractivity contribution in [3.63, 3.8) is 0 Å². The first-order chi connectivity index (χ1) is 8.44. The van der Waals surface area contributed by atoms with Crippen LogP contribution < -0.4 is 4.74 Å². The van der Waals surface area contributed by atoms with Crippen LogP contribution in [-0.4, -0.2) is 12.4 Å². The van der Waals surface area contributed by atoms with Crippen molar-refractivity contribution < 1.29 is 9.53 Å². The van der Waals surface area contributed by atoms with E-state index in [-0.39, 0.29) is 5.78 Å². The Bertz CT molecular complexity index is 388. The zero-order valence-electron chi connectivity index (χ0n) is 12.0. The van der Waals surface area contributed by atoms with Crippen LogP contribution in [0.5, 0.6) is 5.75 Å². The summed E-state index contributed by atoms with van der Waals surface area (Å²) in [6.45, 7) is 9.22. The highest BCUT2D eigenvalue weighted by Gasteiger charge is 2.11. The highest BCUT2D eigenvalue weighted by atomic mass is 16.5. The quantitative estimate of drug-likeness (QED) is 0.548. The van der Waals surface area contributed by atoms with Crippen molar-refractivity contribution in [3.8, 4) is 5.75 Å². The van der Waals surface area contributed by atoms with Crippen LogP contribution in [0.2, 0.25) is 0 Å². The zero-order valence-corrected chi connectivity index (χ0v) is 12.0. The molecule has 0 N–H and O–H groups in total. The van der Waals surface area contributed by atoms with Gasteiger partial charge in [-0.2, -0.15) is 0 Å². The molecule has 2 nitrogen and oxygen atoms in total. The number of Topliss-reactive ketones (excluding diaryl/α,β-unsaturated/α-hetero) is 1. The number of rotatable bonds is 6. The van der Waals surface area contributed by atoms with E-state index in [2.05, 4.69) is 20.8 Å². The van der Waals surface area contributed by atoms with Crippen LogP contribution in [0.1, 0.15) is 57.3 Å². The molecule has 0 aromatic heterocycles. The van der Waals surface area contributed by atoms with Gasteiger partial charge in [0.05, 0.1) is 12.2 Å². The van der Waals surface area contributed by atoms with Gasteiger partial charge >= 0.3 is 0 Å². The Hall–Kier alpha value is -1.31. The summed E-state index contributed by atoms with van der Waals surface area (Å²) in [4.78, 5) is 11.7. The molecule has 0 saturated carbocycles. The number of para-hydroxylation sites is 1. The first-order valence-electron chi connectivity index (χ1n) is 6.69. The largest absolute Gasteiger partial charge is 0.493 e. The summed E-state index contributed by atoms with van der Waals surface area (Å²) in [7, 11) is 0. The molecule has 2 heteroatoms. The van der Waals surface area contributed by atoms with Gasteiger partial charge in [0.1, 0.15) is 5.75 Å². The maximum atomic E-state index is 11.7. The molecule has 0 fully saturated rings. The van der Waals surface area contributed by atoms with Gasteiger partial charge in [0, 0.05) is 6.42 Å². The van der Waals surface area contributed by atoms with Crippen molar-refractivity contribution >= 4 is 5.78 Å². The zero-order chi connectivity index (χ0) is 13.6. The van der Waals surface area contributed by atoms with Crippen LogP contribution >= 0.6 is 0 Å². The SMILES string of the molecule is CCC(=O)c1ccccc1OCCCC(C)(C)C. The fourth-order valence-corrected chi connectivity index (χ4v) is 1.80. The molecule has 0 amide bonds. The molecule has 0 aliphatic carbocycles. The Morgan fingerprint density at radius 3 is 2.50 bits per heavy atom. The predicted molar refractivity (Wildman–Crippen MR) is 75.2 cm³/mol. The van der Waals surface area contributed by atoms with Gasteiger partial charge < -0.3 is 4.74 Å². The number of hydrogen-bond donors (Lipinski definition) is 0. The van der Waals surface area contributed by atoms with Crippen LogP contribution in [0.3, 0.4) is 0 Å². The first-order valence-corrected chi connectivity index (χ1v) is 6.69. The summed E-state index contributed by atoms with van der Waals surface area (Å²) in [6.07, 6.45) is 2.65. The van der Waals surface area contributed by atoms with Gasteiger partial charge in [-0.3, -0.25) is 4.79 Å².